The summed E-state index contributed by atoms with van der Waals surface area (Å²) in [5, 5.41) is 15.6. The molecule has 0 aromatic carbocycles. The number of tetrazole rings is 1. The van der Waals surface area contributed by atoms with E-state index in [4.69, 9.17) is 9.47 Å². The summed E-state index contributed by atoms with van der Waals surface area (Å²) in [5.41, 5.74) is 0.0685. The maximum absolute atomic E-state index is 11.9. The highest BCUT2D eigenvalue weighted by Gasteiger charge is 2.25. The van der Waals surface area contributed by atoms with Gasteiger partial charge in [0.05, 0.1) is 13.7 Å². The molecule has 0 atom stereocenters. The zero-order chi connectivity index (χ0) is 22.6. The number of ether oxygens (including phenoxy) is 2. The number of aromatic nitrogens is 6. The number of rotatable bonds is 5. The minimum Gasteiger partial charge on any atom is -0.464 e. The fourth-order valence-electron chi connectivity index (χ4n) is 3.51. The molecular formula is C20H29N7O4. The summed E-state index contributed by atoms with van der Waals surface area (Å²) in [7, 11) is 1.30. The lowest BCUT2D eigenvalue weighted by molar-refractivity contribution is 0.0484. The summed E-state index contributed by atoms with van der Waals surface area (Å²) in [6, 6.07) is 1.61. The summed E-state index contributed by atoms with van der Waals surface area (Å²) in [6.07, 6.45) is 3.26. The van der Waals surface area contributed by atoms with Crippen LogP contribution in [0.2, 0.25) is 0 Å². The molecule has 0 unspecified atom stereocenters. The fraction of sp³-hybridized carbons (Fsp3) is 0.650. The molecule has 11 nitrogen and oxygen atoms in total. The van der Waals surface area contributed by atoms with Gasteiger partial charge in [0.2, 0.25) is 5.82 Å². The fourth-order valence-corrected chi connectivity index (χ4v) is 3.51. The van der Waals surface area contributed by atoms with Crippen molar-refractivity contribution in [2.75, 3.05) is 7.11 Å². The molecule has 1 N–H and O–H groups in total. The molecule has 1 saturated carbocycles. The Balaban J connectivity index is 1.55. The number of methoxy groups -OCH3 is 1. The van der Waals surface area contributed by atoms with Gasteiger partial charge in [0.25, 0.3) is 0 Å². The van der Waals surface area contributed by atoms with E-state index in [2.05, 4.69) is 30.7 Å². The average Bonchev–Trinajstić information content (AvgIpc) is 3.15. The van der Waals surface area contributed by atoms with E-state index in [0.717, 1.165) is 25.7 Å². The van der Waals surface area contributed by atoms with Crippen LogP contribution < -0.4 is 5.32 Å². The Kier molecular flexibility index (Phi) is 6.81. The molecule has 1 fully saturated rings. The first-order valence-electron chi connectivity index (χ1n) is 10.3. The van der Waals surface area contributed by atoms with Gasteiger partial charge in [-0.25, -0.2) is 19.6 Å². The van der Waals surface area contributed by atoms with Gasteiger partial charge in [-0.1, -0.05) is 0 Å². The predicted molar refractivity (Wildman–Crippen MR) is 110 cm³/mol. The Morgan fingerprint density at radius 3 is 2.55 bits per heavy atom. The van der Waals surface area contributed by atoms with Crippen LogP contribution in [0.4, 0.5) is 4.79 Å². The Bertz CT molecular complexity index is 930. The molecule has 1 aliphatic rings. The number of nitrogens with zero attached hydrogens (tertiary/aromatic N) is 6. The second-order valence-electron chi connectivity index (χ2n) is 8.71. The average molecular weight is 431 g/mol. The van der Waals surface area contributed by atoms with Gasteiger partial charge in [-0.3, -0.25) is 0 Å². The number of esters is 1. The van der Waals surface area contributed by atoms with E-state index in [9.17, 15) is 9.59 Å². The summed E-state index contributed by atoms with van der Waals surface area (Å²) in [4.78, 5) is 33.6. The van der Waals surface area contributed by atoms with Crippen molar-refractivity contribution >= 4 is 12.1 Å². The van der Waals surface area contributed by atoms with Gasteiger partial charge >= 0.3 is 12.1 Å². The molecule has 1 aliphatic carbocycles. The third kappa shape index (κ3) is 6.43. The lowest BCUT2D eigenvalue weighted by atomic mass is 9.86. The van der Waals surface area contributed by atoms with Crippen molar-refractivity contribution in [2.24, 2.45) is 5.92 Å². The van der Waals surface area contributed by atoms with E-state index >= 15 is 0 Å². The standard InChI is InChI=1S/C20H29N7O4/c1-12-21-15(10-16(22-12)18(28)30-5)17-24-26-27(25-17)11-13-6-8-14(9-7-13)23-19(29)31-20(2,3)4/h10,13-14H,6-9,11H2,1-5H3,(H,23,29). The number of hydrogen-bond donors (Lipinski definition) is 1. The van der Waals surface area contributed by atoms with Crippen molar-refractivity contribution in [2.45, 2.75) is 71.6 Å². The van der Waals surface area contributed by atoms with Gasteiger partial charge in [0, 0.05) is 12.1 Å². The Morgan fingerprint density at radius 1 is 1.19 bits per heavy atom. The molecule has 168 valence electrons. The number of carbonyl (C=O) groups excluding carboxylic acids is 2. The minimum absolute atomic E-state index is 0.117. The number of alkyl carbamates (subject to hydrolysis) is 1. The highest BCUT2D eigenvalue weighted by molar-refractivity contribution is 5.88. The van der Waals surface area contributed by atoms with E-state index in [1.54, 1.807) is 11.7 Å². The van der Waals surface area contributed by atoms with Crippen LogP contribution >= 0.6 is 0 Å². The van der Waals surface area contributed by atoms with Crippen LogP contribution in [0.1, 0.15) is 62.8 Å². The first-order chi connectivity index (χ1) is 14.6. The van der Waals surface area contributed by atoms with Crippen molar-refractivity contribution in [3.8, 4) is 11.5 Å². The molecule has 2 aromatic heterocycles. The summed E-state index contributed by atoms with van der Waals surface area (Å²) < 4.78 is 10.0. The summed E-state index contributed by atoms with van der Waals surface area (Å²) in [5.74, 6) is 0.591. The lowest BCUT2D eigenvalue weighted by Crippen LogP contribution is -2.41. The largest absolute Gasteiger partial charge is 0.464 e. The van der Waals surface area contributed by atoms with E-state index in [1.807, 2.05) is 20.8 Å². The Morgan fingerprint density at radius 2 is 1.90 bits per heavy atom. The number of amides is 1. The third-order valence-electron chi connectivity index (χ3n) is 4.90. The van der Waals surface area contributed by atoms with Crippen molar-refractivity contribution in [1.29, 1.82) is 0 Å². The number of nitrogens with one attached hydrogen (secondary N) is 1. The van der Waals surface area contributed by atoms with Crippen molar-refractivity contribution in [3.63, 3.8) is 0 Å². The van der Waals surface area contributed by atoms with Gasteiger partial charge < -0.3 is 14.8 Å². The van der Waals surface area contributed by atoms with Crippen LogP contribution in [-0.2, 0) is 16.0 Å². The summed E-state index contributed by atoms with van der Waals surface area (Å²) in [6.45, 7) is 7.86. The SMILES string of the molecule is COC(=O)c1cc(-c2nnn(CC3CCC(NC(=O)OC(C)(C)C)CC3)n2)nc(C)n1. The third-order valence-corrected chi connectivity index (χ3v) is 4.90. The van der Waals surface area contributed by atoms with E-state index < -0.39 is 11.6 Å². The first kappa shape index (κ1) is 22.6. The van der Waals surface area contributed by atoms with Gasteiger partial charge in [-0.05, 0) is 64.5 Å². The normalized spacial score (nSPS) is 19.0. The maximum Gasteiger partial charge on any atom is 0.407 e. The van der Waals surface area contributed by atoms with Gasteiger partial charge in [0.15, 0.2) is 5.69 Å². The van der Waals surface area contributed by atoms with Crippen LogP contribution in [-0.4, -0.2) is 61.0 Å². The smallest absolute Gasteiger partial charge is 0.407 e. The van der Waals surface area contributed by atoms with Gasteiger partial charge in [-0.15, -0.1) is 10.2 Å². The van der Waals surface area contributed by atoms with Crippen molar-refractivity contribution < 1.29 is 19.1 Å². The molecule has 0 spiro atoms. The van der Waals surface area contributed by atoms with E-state index in [-0.39, 0.29) is 17.8 Å². The van der Waals surface area contributed by atoms with Crippen LogP contribution in [0.15, 0.2) is 6.07 Å². The molecule has 11 heteroatoms. The zero-order valence-corrected chi connectivity index (χ0v) is 18.6. The van der Waals surface area contributed by atoms with Gasteiger partial charge in [-0.2, -0.15) is 4.80 Å². The molecule has 2 aromatic rings. The molecule has 2 heterocycles. The molecule has 0 aliphatic heterocycles. The van der Waals surface area contributed by atoms with Crippen molar-refractivity contribution in [3.05, 3.63) is 17.6 Å². The van der Waals surface area contributed by atoms with Crippen LogP contribution in [0, 0.1) is 12.8 Å². The Hall–Kier alpha value is -3.11. The number of aryl methyl sites for hydroxylation is 1. The molecule has 0 radical (unpaired) electrons. The molecule has 1 amide bonds. The van der Waals surface area contributed by atoms with Crippen LogP contribution in [0.25, 0.3) is 11.5 Å². The number of carbonyl (C=O) groups is 2. The van der Waals surface area contributed by atoms with Gasteiger partial charge in [0.1, 0.15) is 17.1 Å². The van der Waals surface area contributed by atoms with Crippen LogP contribution in [0.5, 0.6) is 0 Å². The second-order valence-corrected chi connectivity index (χ2v) is 8.71. The maximum atomic E-state index is 11.9. The minimum atomic E-state index is -0.545. The quantitative estimate of drug-likeness (QED) is 0.708. The molecule has 0 saturated heterocycles. The number of hydrogen-bond acceptors (Lipinski definition) is 9. The van der Waals surface area contributed by atoms with E-state index in [1.165, 1.54) is 13.2 Å². The molecule has 3 rings (SSSR count). The van der Waals surface area contributed by atoms with E-state index in [0.29, 0.717) is 29.8 Å². The topological polar surface area (TPSA) is 134 Å². The molecule has 0 bridgehead atoms. The monoisotopic (exact) mass is 431 g/mol. The summed E-state index contributed by atoms with van der Waals surface area (Å²) >= 11 is 0. The Labute approximate surface area is 180 Å². The van der Waals surface area contributed by atoms with Crippen LogP contribution in [0.3, 0.4) is 0 Å². The zero-order valence-electron chi connectivity index (χ0n) is 18.6. The second kappa shape index (κ2) is 9.36. The first-order valence-corrected chi connectivity index (χ1v) is 10.3. The highest BCUT2D eigenvalue weighted by Crippen LogP contribution is 2.26. The van der Waals surface area contributed by atoms with Crippen molar-refractivity contribution in [1.82, 2.24) is 35.5 Å². The molecular weight excluding hydrogens is 402 g/mol. The lowest BCUT2D eigenvalue weighted by Gasteiger charge is -2.29. The molecule has 31 heavy (non-hydrogen) atoms. The predicted octanol–water partition coefficient (Wildman–Crippen LogP) is 2.31. The highest BCUT2D eigenvalue weighted by atomic mass is 16.6.